The SMILES string of the molecule is CC(C)(C)[Si](C)(C)OC1=CCc2ccccc21. The average Bonchev–Trinajstić information content (AvgIpc) is 2.60. The molecule has 0 bridgehead atoms. The summed E-state index contributed by atoms with van der Waals surface area (Å²) in [6.45, 7) is 11.4. The van der Waals surface area contributed by atoms with Gasteiger partial charge in [0.15, 0.2) is 0 Å². The van der Waals surface area contributed by atoms with Gasteiger partial charge < -0.3 is 4.43 Å². The summed E-state index contributed by atoms with van der Waals surface area (Å²) in [5, 5.41) is 0.255. The number of allylic oxidation sites excluding steroid dienone is 1. The molecule has 1 aromatic rings. The normalized spacial score (nSPS) is 15.5. The molecule has 2 heteroatoms. The van der Waals surface area contributed by atoms with Crippen molar-refractivity contribution < 1.29 is 4.43 Å². The van der Waals surface area contributed by atoms with Gasteiger partial charge in [-0.2, -0.15) is 0 Å². The van der Waals surface area contributed by atoms with Crippen molar-refractivity contribution in [2.24, 2.45) is 0 Å². The highest BCUT2D eigenvalue weighted by atomic mass is 28.4. The Kier molecular flexibility index (Phi) is 2.94. The Labute approximate surface area is 106 Å². The van der Waals surface area contributed by atoms with Crippen LogP contribution in [0, 0.1) is 0 Å². The van der Waals surface area contributed by atoms with Gasteiger partial charge in [0.1, 0.15) is 5.76 Å². The van der Waals surface area contributed by atoms with Crippen LogP contribution in [0.3, 0.4) is 0 Å². The van der Waals surface area contributed by atoms with E-state index < -0.39 is 8.32 Å². The molecule has 0 radical (unpaired) electrons. The van der Waals surface area contributed by atoms with Crippen molar-refractivity contribution in [1.82, 2.24) is 0 Å². The van der Waals surface area contributed by atoms with E-state index in [1.165, 1.54) is 11.1 Å². The van der Waals surface area contributed by atoms with Crippen molar-refractivity contribution >= 4 is 14.1 Å². The van der Waals surface area contributed by atoms with E-state index in [1.54, 1.807) is 0 Å². The minimum Gasteiger partial charge on any atom is -0.543 e. The van der Waals surface area contributed by atoms with E-state index in [1.807, 2.05) is 0 Å². The molecule has 2 rings (SSSR count). The van der Waals surface area contributed by atoms with Crippen molar-refractivity contribution in [3.05, 3.63) is 41.5 Å². The van der Waals surface area contributed by atoms with Gasteiger partial charge in [0, 0.05) is 5.56 Å². The highest BCUT2D eigenvalue weighted by molar-refractivity contribution is 6.74. The minimum atomic E-state index is -1.71. The third-order valence-electron chi connectivity index (χ3n) is 3.96. The molecule has 0 unspecified atom stereocenters. The number of hydrogen-bond donors (Lipinski definition) is 0. The maximum atomic E-state index is 6.39. The summed E-state index contributed by atoms with van der Waals surface area (Å²) in [6.07, 6.45) is 3.24. The van der Waals surface area contributed by atoms with Crippen LogP contribution in [0.4, 0.5) is 0 Å². The van der Waals surface area contributed by atoms with E-state index in [-0.39, 0.29) is 5.04 Å². The van der Waals surface area contributed by atoms with E-state index >= 15 is 0 Å². The first-order valence-corrected chi connectivity index (χ1v) is 9.19. The molecule has 0 saturated carbocycles. The van der Waals surface area contributed by atoms with Crippen LogP contribution in [0.15, 0.2) is 30.3 Å². The Hall–Kier alpha value is -1.02. The standard InChI is InChI=1S/C15H22OSi/c1-15(2,3)17(4,5)16-14-11-10-12-8-6-7-9-13(12)14/h6-9,11H,10H2,1-5H3. The lowest BCUT2D eigenvalue weighted by Crippen LogP contribution is -2.40. The van der Waals surface area contributed by atoms with Crippen molar-refractivity contribution in [2.45, 2.75) is 45.3 Å². The monoisotopic (exact) mass is 246 g/mol. The molecule has 1 aromatic carbocycles. The zero-order chi connectivity index (χ0) is 12.7. The summed E-state index contributed by atoms with van der Waals surface area (Å²) in [5.74, 6) is 1.10. The molecular formula is C15H22OSi. The molecule has 0 atom stereocenters. The fourth-order valence-corrected chi connectivity index (χ4v) is 2.83. The third kappa shape index (κ3) is 2.32. The predicted octanol–water partition coefficient (Wildman–Crippen LogP) is 4.61. The van der Waals surface area contributed by atoms with Gasteiger partial charge in [0.2, 0.25) is 8.32 Å². The minimum absolute atomic E-state index is 0.255. The predicted molar refractivity (Wildman–Crippen MR) is 76.4 cm³/mol. The maximum Gasteiger partial charge on any atom is 0.250 e. The van der Waals surface area contributed by atoms with Gasteiger partial charge in [0.05, 0.1) is 0 Å². The second-order valence-electron chi connectivity index (χ2n) is 6.29. The Balaban J connectivity index is 2.23. The van der Waals surface area contributed by atoms with Gasteiger partial charge in [-0.3, -0.25) is 0 Å². The zero-order valence-electron chi connectivity index (χ0n) is 11.5. The maximum absolute atomic E-state index is 6.39. The zero-order valence-corrected chi connectivity index (χ0v) is 12.5. The smallest absolute Gasteiger partial charge is 0.250 e. The fraction of sp³-hybridized carbons (Fsp3) is 0.467. The lowest BCUT2D eigenvalue weighted by molar-refractivity contribution is 0.458. The van der Waals surface area contributed by atoms with Crippen LogP contribution in [0.25, 0.3) is 5.76 Å². The average molecular weight is 246 g/mol. The van der Waals surface area contributed by atoms with Crippen molar-refractivity contribution in [2.75, 3.05) is 0 Å². The van der Waals surface area contributed by atoms with Gasteiger partial charge in [-0.1, -0.05) is 45.0 Å². The van der Waals surface area contributed by atoms with Crippen LogP contribution in [-0.2, 0) is 10.8 Å². The van der Waals surface area contributed by atoms with Crippen LogP contribution in [0.2, 0.25) is 18.1 Å². The summed E-state index contributed by atoms with van der Waals surface area (Å²) in [6, 6.07) is 8.55. The Bertz CT molecular complexity index is 452. The molecule has 0 N–H and O–H groups in total. The summed E-state index contributed by atoms with van der Waals surface area (Å²) in [4.78, 5) is 0. The Morgan fingerprint density at radius 2 is 1.76 bits per heavy atom. The summed E-state index contributed by atoms with van der Waals surface area (Å²) >= 11 is 0. The van der Waals surface area contributed by atoms with Gasteiger partial charge in [-0.25, -0.2) is 0 Å². The van der Waals surface area contributed by atoms with Gasteiger partial charge in [0.25, 0.3) is 0 Å². The number of hydrogen-bond acceptors (Lipinski definition) is 1. The van der Waals surface area contributed by atoms with E-state index in [4.69, 9.17) is 4.43 Å². The molecule has 1 aliphatic carbocycles. The third-order valence-corrected chi connectivity index (χ3v) is 8.30. The molecule has 0 aliphatic heterocycles. The molecular weight excluding hydrogens is 224 g/mol. The molecule has 0 spiro atoms. The Morgan fingerprint density at radius 3 is 2.41 bits per heavy atom. The number of benzene rings is 1. The fourth-order valence-electron chi connectivity index (χ4n) is 1.78. The molecule has 0 aromatic heterocycles. The van der Waals surface area contributed by atoms with Gasteiger partial charge in [-0.15, -0.1) is 0 Å². The van der Waals surface area contributed by atoms with Crippen molar-refractivity contribution in [1.29, 1.82) is 0 Å². The first kappa shape index (κ1) is 12.4. The quantitative estimate of drug-likeness (QED) is 0.693. The van der Waals surface area contributed by atoms with Gasteiger partial charge in [-0.05, 0) is 36.2 Å². The topological polar surface area (TPSA) is 9.23 Å². The number of fused-ring (bicyclic) bond motifs is 1. The van der Waals surface area contributed by atoms with Crippen LogP contribution < -0.4 is 0 Å². The van der Waals surface area contributed by atoms with Crippen LogP contribution in [0.5, 0.6) is 0 Å². The molecule has 1 aliphatic rings. The second kappa shape index (κ2) is 4.02. The largest absolute Gasteiger partial charge is 0.543 e. The lowest BCUT2D eigenvalue weighted by atomic mass is 10.1. The van der Waals surface area contributed by atoms with E-state index in [0.717, 1.165) is 12.2 Å². The Morgan fingerprint density at radius 1 is 1.12 bits per heavy atom. The molecule has 1 nitrogen and oxygen atoms in total. The van der Waals surface area contributed by atoms with Crippen LogP contribution in [-0.4, -0.2) is 8.32 Å². The molecule has 92 valence electrons. The molecule has 0 amide bonds. The first-order valence-electron chi connectivity index (χ1n) is 6.29. The summed E-state index contributed by atoms with van der Waals surface area (Å²) in [7, 11) is -1.71. The molecule has 0 heterocycles. The molecule has 17 heavy (non-hydrogen) atoms. The van der Waals surface area contributed by atoms with E-state index in [2.05, 4.69) is 64.2 Å². The highest BCUT2D eigenvalue weighted by Crippen LogP contribution is 2.41. The lowest BCUT2D eigenvalue weighted by Gasteiger charge is -2.37. The second-order valence-corrected chi connectivity index (χ2v) is 11.0. The number of rotatable bonds is 2. The molecule has 0 fully saturated rings. The first-order chi connectivity index (χ1) is 7.81. The van der Waals surface area contributed by atoms with Gasteiger partial charge >= 0.3 is 0 Å². The molecule has 0 saturated heterocycles. The van der Waals surface area contributed by atoms with Crippen molar-refractivity contribution in [3.8, 4) is 0 Å². The van der Waals surface area contributed by atoms with Crippen LogP contribution in [0.1, 0.15) is 31.9 Å². The van der Waals surface area contributed by atoms with E-state index in [9.17, 15) is 0 Å². The van der Waals surface area contributed by atoms with Crippen LogP contribution >= 0.6 is 0 Å². The highest BCUT2D eigenvalue weighted by Gasteiger charge is 2.40. The summed E-state index contributed by atoms with van der Waals surface area (Å²) in [5.41, 5.74) is 2.68. The summed E-state index contributed by atoms with van der Waals surface area (Å²) < 4.78 is 6.39. The van der Waals surface area contributed by atoms with E-state index in [0.29, 0.717) is 0 Å². The van der Waals surface area contributed by atoms with Crippen molar-refractivity contribution in [3.63, 3.8) is 0 Å².